The van der Waals surface area contributed by atoms with Gasteiger partial charge in [-0.1, -0.05) is 24.3 Å². The van der Waals surface area contributed by atoms with Crippen LogP contribution in [0.2, 0.25) is 0 Å². The molecule has 1 amide bonds. The van der Waals surface area contributed by atoms with Crippen molar-refractivity contribution in [3.05, 3.63) is 35.4 Å². The van der Waals surface area contributed by atoms with Crippen LogP contribution in [0.25, 0.3) is 0 Å². The van der Waals surface area contributed by atoms with E-state index in [1.807, 2.05) is 6.07 Å². The van der Waals surface area contributed by atoms with Crippen molar-refractivity contribution >= 4 is 5.91 Å². The predicted molar refractivity (Wildman–Crippen MR) is 94.8 cm³/mol. The Morgan fingerprint density at radius 1 is 1.16 bits per heavy atom. The molecule has 3 aliphatic heterocycles. The van der Waals surface area contributed by atoms with E-state index in [9.17, 15) is 9.90 Å². The lowest BCUT2D eigenvalue weighted by atomic mass is 9.88. The van der Waals surface area contributed by atoms with Crippen LogP contribution in [0.4, 0.5) is 0 Å². The Morgan fingerprint density at radius 3 is 2.60 bits per heavy atom. The number of aliphatic hydroxyl groups is 1. The predicted octanol–water partition coefficient (Wildman–Crippen LogP) is 1.83. The van der Waals surface area contributed by atoms with Gasteiger partial charge in [-0.15, -0.1) is 0 Å². The van der Waals surface area contributed by atoms with Gasteiger partial charge in [0.15, 0.2) is 0 Å². The Balaban J connectivity index is 1.33. The third-order valence-electron chi connectivity index (χ3n) is 5.97. The van der Waals surface area contributed by atoms with Crippen LogP contribution >= 0.6 is 0 Å². The van der Waals surface area contributed by atoms with Crippen LogP contribution in [0.5, 0.6) is 0 Å². The molecule has 3 unspecified atom stereocenters. The summed E-state index contributed by atoms with van der Waals surface area (Å²) < 4.78 is 5.80. The van der Waals surface area contributed by atoms with Crippen molar-refractivity contribution in [2.45, 2.75) is 63.5 Å². The number of hydrogen-bond acceptors (Lipinski definition) is 4. The van der Waals surface area contributed by atoms with Gasteiger partial charge in [-0.25, -0.2) is 0 Å². The third-order valence-corrected chi connectivity index (χ3v) is 5.97. The van der Waals surface area contributed by atoms with E-state index < -0.39 is 0 Å². The van der Waals surface area contributed by atoms with Gasteiger partial charge in [-0.2, -0.15) is 0 Å². The zero-order valence-corrected chi connectivity index (χ0v) is 14.7. The van der Waals surface area contributed by atoms with Gasteiger partial charge >= 0.3 is 0 Å². The van der Waals surface area contributed by atoms with Crippen LogP contribution in [0.3, 0.4) is 0 Å². The highest BCUT2D eigenvalue weighted by molar-refractivity contribution is 5.79. The smallest absolute Gasteiger partial charge is 0.226 e. The normalized spacial score (nSPS) is 29.9. The SMILES string of the molecule is O=C(NCc1ccccc1CN1CCC(O)CC1)C1CC2CCC1O2. The molecule has 2 N–H and O–H groups in total. The van der Waals surface area contributed by atoms with E-state index in [0.29, 0.717) is 12.6 Å². The maximum atomic E-state index is 12.5. The van der Waals surface area contributed by atoms with Crippen LogP contribution in [0, 0.1) is 5.92 Å². The van der Waals surface area contributed by atoms with Crippen molar-refractivity contribution in [3.63, 3.8) is 0 Å². The fraction of sp³-hybridized carbons (Fsp3) is 0.650. The number of piperidine rings is 1. The second kappa shape index (κ2) is 7.44. The Kier molecular flexibility index (Phi) is 5.06. The second-order valence-electron chi connectivity index (χ2n) is 7.71. The van der Waals surface area contributed by atoms with Crippen molar-refractivity contribution < 1.29 is 14.6 Å². The van der Waals surface area contributed by atoms with Gasteiger partial charge < -0.3 is 15.2 Å². The molecule has 0 radical (unpaired) electrons. The summed E-state index contributed by atoms with van der Waals surface area (Å²) in [6.07, 6.45) is 5.03. The third kappa shape index (κ3) is 3.89. The average molecular weight is 344 g/mol. The van der Waals surface area contributed by atoms with Gasteiger partial charge in [0.2, 0.25) is 5.91 Å². The first kappa shape index (κ1) is 17.0. The number of hydrogen-bond donors (Lipinski definition) is 2. The summed E-state index contributed by atoms with van der Waals surface area (Å²) in [4.78, 5) is 14.9. The number of benzene rings is 1. The maximum absolute atomic E-state index is 12.5. The number of amides is 1. The number of nitrogens with one attached hydrogen (secondary N) is 1. The van der Waals surface area contributed by atoms with Gasteiger partial charge in [0.05, 0.1) is 24.2 Å². The quantitative estimate of drug-likeness (QED) is 0.855. The molecule has 25 heavy (non-hydrogen) atoms. The highest BCUT2D eigenvalue weighted by Crippen LogP contribution is 2.38. The maximum Gasteiger partial charge on any atom is 0.226 e. The van der Waals surface area contributed by atoms with E-state index in [-0.39, 0.29) is 24.0 Å². The molecular weight excluding hydrogens is 316 g/mol. The van der Waals surface area contributed by atoms with Crippen molar-refractivity contribution in [1.82, 2.24) is 10.2 Å². The number of carbonyl (C=O) groups is 1. The Bertz CT molecular complexity index is 613. The molecule has 0 spiro atoms. The largest absolute Gasteiger partial charge is 0.393 e. The zero-order valence-electron chi connectivity index (χ0n) is 14.7. The van der Waals surface area contributed by atoms with E-state index in [1.165, 1.54) is 11.1 Å². The second-order valence-corrected chi connectivity index (χ2v) is 7.71. The lowest BCUT2D eigenvalue weighted by Crippen LogP contribution is -2.37. The Hall–Kier alpha value is -1.43. The van der Waals surface area contributed by atoms with Crippen LogP contribution in [0.1, 0.15) is 43.2 Å². The molecule has 5 nitrogen and oxygen atoms in total. The molecule has 5 heteroatoms. The fourth-order valence-corrected chi connectivity index (χ4v) is 4.43. The fourth-order valence-electron chi connectivity index (χ4n) is 4.43. The van der Waals surface area contributed by atoms with E-state index in [0.717, 1.165) is 51.7 Å². The standard InChI is InChI=1S/C20H28N2O3/c23-16-7-9-22(10-8-16)13-15-4-2-1-3-14(15)12-21-20(24)18-11-17-5-6-19(18)25-17/h1-4,16-19,23H,5-13H2,(H,21,24). The molecule has 1 aromatic rings. The number of likely N-dealkylation sites (tertiary alicyclic amines) is 1. The van der Waals surface area contributed by atoms with Crippen LogP contribution in [-0.4, -0.2) is 47.3 Å². The molecule has 0 aromatic heterocycles. The summed E-state index contributed by atoms with van der Waals surface area (Å²) in [7, 11) is 0. The van der Waals surface area contributed by atoms with Gasteiger partial charge in [0.1, 0.15) is 0 Å². The summed E-state index contributed by atoms with van der Waals surface area (Å²) in [5, 5.41) is 12.8. The van der Waals surface area contributed by atoms with Crippen LogP contribution in [0.15, 0.2) is 24.3 Å². The van der Waals surface area contributed by atoms with Crippen molar-refractivity contribution in [2.75, 3.05) is 13.1 Å². The highest BCUT2D eigenvalue weighted by Gasteiger charge is 2.44. The average Bonchev–Trinajstić information content (AvgIpc) is 3.26. The van der Waals surface area contributed by atoms with Gasteiger partial charge in [0.25, 0.3) is 0 Å². The summed E-state index contributed by atoms with van der Waals surface area (Å²) in [5.74, 6) is 0.178. The molecule has 3 fully saturated rings. The lowest BCUT2D eigenvalue weighted by molar-refractivity contribution is -0.126. The molecule has 4 rings (SSSR count). The van der Waals surface area contributed by atoms with E-state index in [1.54, 1.807) is 0 Å². The van der Waals surface area contributed by atoms with Crippen molar-refractivity contribution in [2.24, 2.45) is 5.92 Å². The number of ether oxygens (including phenoxy) is 1. The molecule has 136 valence electrons. The number of rotatable bonds is 5. The molecule has 1 aromatic carbocycles. The monoisotopic (exact) mass is 344 g/mol. The minimum atomic E-state index is -0.144. The topological polar surface area (TPSA) is 61.8 Å². The number of fused-ring (bicyclic) bond motifs is 2. The van der Waals surface area contributed by atoms with Gasteiger partial charge in [0, 0.05) is 26.2 Å². The first-order chi connectivity index (χ1) is 12.2. The van der Waals surface area contributed by atoms with Crippen molar-refractivity contribution in [1.29, 1.82) is 0 Å². The molecule has 0 aliphatic carbocycles. The summed E-state index contributed by atoms with van der Waals surface area (Å²) in [5.41, 5.74) is 2.45. The first-order valence-corrected chi connectivity index (χ1v) is 9.59. The Labute approximate surface area is 149 Å². The van der Waals surface area contributed by atoms with Gasteiger partial charge in [-0.05, 0) is 43.2 Å². The van der Waals surface area contributed by atoms with E-state index >= 15 is 0 Å². The number of aliphatic hydroxyl groups excluding tert-OH is 1. The Morgan fingerprint density at radius 2 is 1.92 bits per heavy atom. The summed E-state index contributed by atoms with van der Waals surface area (Å²) in [6, 6.07) is 8.34. The zero-order chi connectivity index (χ0) is 17.2. The molecule has 3 atom stereocenters. The molecule has 3 saturated heterocycles. The number of carbonyl (C=O) groups excluding carboxylic acids is 1. The van der Waals surface area contributed by atoms with Gasteiger partial charge in [-0.3, -0.25) is 9.69 Å². The molecule has 3 heterocycles. The minimum absolute atomic E-state index is 0.0366. The first-order valence-electron chi connectivity index (χ1n) is 9.59. The molecule has 3 aliphatic rings. The highest BCUT2D eigenvalue weighted by atomic mass is 16.5. The van der Waals surface area contributed by atoms with E-state index in [2.05, 4.69) is 28.4 Å². The summed E-state index contributed by atoms with van der Waals surface area (Å²) >= 11 is 0. The number of nitrogens with zero attached hydrogens (tertiary/aromatic N) is 1. The minimum Gasteiger partial charge on any atom is -0.393 e. The molecular formula is C20H28N2O3. The van der Waals surface area contributed by atoms with Crippen molar-refractivity contribution in [3.8, 4) is 0 Å². The molecule has 0 saturated carbocycles. The van der Waals surface area contributed by atoms with E-state index in [4.69, 9.17) is 4.74 Å². The molecule has 2 bridgehead atoms. The van der Waals surface area contributed by atoms with Crippen LogP contribution < -0.4 is 5.32 Å². The lowest BCUT2D eigenvalue weighted by Gasteiger charge is -2.30. The summed E-state index contributed by atoms with van der Waals surface area (Å²) in [6.45, 7) is 3.34. The van der Waals surface area contributed by atoms with Crippen LogP contribution in [-0.2, 0) is 22.6 Å².